The summed E-state index contributed by atoms with van der Waals surface area (Å²) >= 11 is 7.76. The van der Waals surface area contributed by atoms with Crippen LogP contribution in [0.5, 0.6) is 0 Å². The van der Waals surface area contributed by atoms with Crippen LogP contribution in [-0.2, 0) is 14.3 Å². The maximum atomic E-state index is 13.8. The van der Waals surface area contributed by atoms with Crippen LogP contribution in [-0.4, -0.2) is 75.5 Å². The van der Waals surface area contributed by atoms with Crippen LogP contribution < -0.4 is 16.0 Å². The Kier molecular flexibility index (Phi) is 6.90. The highest BCUT2D eigenvalue weighted by molar-refractivity contribution is 8.00. The van der Waals surface area contributed by atoms with Gasteiger partial charge in [0.05, 0.1) is 34.5 Å². The molecule has 0 radical (unpaired) electrons. The zero-order chi connectivity index (χ0) is 23.2. The Morgan fingerprint density at radius 1 is 1.15 bits per heavy atom. The fourth-order valence-corrected chi connectivity index (χ4v) is 7.71. The molecule has 6 aliphatic rings. The van der Waals surface area contributed by atoms with Gasteiger partial charge in [-0.3, -0.25) is 14.9 Å². The molecule has 6 fully saturated rings. The Bertz CT molecular complexity index is 764. The third kappa shape index (κ3) is 5.17. The number of hydrogen-bond donors (Lipinski definition) is 4. The van der Waals surface area contributed by atoms with Crippen molar-refractivity contribution in [3.8, 4) is 0 Å². The highest BCUT2D eigenvalue weighted by atomic mass is 35.5. The highest BCUT2D eigenvalue weighted by Gasteiger charge is 2.55. The van der Waals surface area contributed by atoms with Gasteiger partial charge in [-0.2, -0.15) is 0 Å². The number of rotatable bonds is 7. The summed E-state index contributed by atoms with van der Waals surface area (Å²) < 4.78 is 19.4. The van der Waals surface area contributed by atoms with Gasteiger partial charge in [0.15, 0.2) is 0 Å². The van der Waals surface area contributed by atoms with E-state index in [1.807, 2.05) is 11.8 Å². The summed E-state index contributed by atoms with van der Waals surface area (Å²) in [5, 5.41) is 20.6. The summed E-state index contributed by atoms with van der Waals surface area (Å²) in [6.07, 6.45) is 4.89. The number of nitrogens with one attached hydrogen (secondary N) is 3. The first-order valence-corrected chi connectivity index (χ1v) is 13.8. The van der Waals surface area contributed by atoms with Gasteiger partial charge in [0.25, 0.3) is 0 Å². The van der Waals surface area contributed by atoms with Crippen molar-refractivity contribution >= 4 is 35.2 Å². The predicted molar refractivity (Wildman–Crippen MR) is 125 cm³/mol. The molecule has 0 aromatic carbocycles. The first-order chi connectivity index (χ1) is 15.8. The van der Waals surface area contributed by atoms with Crippen molar-refractivity contribution in [3.05, 3.63) is 0 Å². The summed E-state index contributed by atoms with van der Waals surface area (Å²) in [4.78, 5) is 25.5. The molecule has 7 nitrogen and oxygen atoms in total. The largest absolute Gasteiger partial charge is 0.391 e. The van der Waals surface area contributed by atoms with Crippen molar-refractivity contribution in [2.24, 2.45) is 5.92 Å². The molecule has 10 heteroatoms. The van der Waals surface area contributed by atoms with Crippen molar-refractivity contribution < 1.29 is 23.8 Å². The molecule has 0 aromatic rings. The summed E-state index contributed by atoms with van der Waals surface area (Å²) in [5.74, 6) is 1.25. The molecule has 6 atom stereocenters. The Morgan fingerprint density at radius 2 is 1.91 bits per heavy atom. The fraction of sp³-hybridized carbons (Fsp3) is 0.913. The second-order valence-electron chi connectivity index (χ2n) is 10.8. The molecule has 6 rings (SSSR count). The van der Waals surface area contributed by atoms with E-state index in [4.69, 9.17) is 16.3 Å². The molecule has 5 unspecified atom stereocenters. The predicted octanol–water partition coefficient (Wildman–Crippen LogP) is 1.99. The fourth-order valence-electron chi connectivity index (χ4n) is 6.03. The van der Waals surface area contributed by atoms with Crippen LogP contribution in [0.2, 0.25) is 0 Å². The van der Waals surface area contributed by atoms with E-state index >= 15 is 0 Å². The molecule has 4 N–H and O–H groups in total. The summed E-state index contributed by atoms with van der Waals surface area (Å²) in [7, 11) is 0. The van der Waals surface area contributed by atoms with E-state index in [1.165, 1.54) is 12.8 Å². The van der Waals surface area contributed by atoms with Crippen LogP contribution in [0.1, 0.15) is 64.2 Å². The van der Waals surface area contributed by atoms with Gasteiger partial charge in [0.2, 0.25) is 11.8 Å². The minimum atomic E-state index is -1.11. The third-order valence-electron chi connectivity index (χ3n) is 8.37. The first-order valence-electron chi connectivity index (χ1n) is 12.4. The van der Waals surface area contributed by atoms with Crippen LogP contribution in [0.3, 0.4) is 0 Å². The van der Waals surface area contributed by atoms with Crippen molar-refractivity contribution in [3.63, 3.8) is 0 Å². The van der Waals surface area contributed by atoms with Crippen molar-refractivity contribution in [2.75, 3.05) is 12.4 Å². The molecule has 1 saturated heterocycles. The van der Waals surface area contributed by atoms with Gasteiger partial charge in [0, 0.05) is 17.7 Å². The number of carbonyl (C=O) groups is 2. The SMILES string of the molecule is O=C(COC1CCC(Cl)C(F)C1)NC12CCC(NC(=O)C3CSC(C4CC4)N3)(CC1)C[C@@H]2O. The lowest BCUT2D eigenvalue weighted by Crippen LogP contribution is -2.71. The van der Waals surface area contributed by atoms with E-state index in [2.05, 4.69) is 16.0 Å². The Labute approximate surface area is 203 Å². The average molecular weight is 504 g/mol. The lowest BCUT2D eigenvalue weighted by atomic mass is 9.60. The quantitative estimate of drug-likeness (QED) is 0.396. The second kappa shape index (κ2) is 9.45. The number of ether oxygens (including phenoxy) is 1. The van der Waals surface area contributed by atoms with Gasteiger partial charge in [-0.15, -0.1) is 23.4 Å². The molecule has 5 aliphatic carbocycles. The van der Waals surface area contributed by atoms with Crippen LogP contribution >= 0.6 is 23.4 Å². The van der Waals surface area contributed by atoms with E-state index in [1.54, 1.807) is 0 Å². The second-order valence-corrected chi connectivity index (χ2v) is 12.5. The number of fused-ring (bicyclic) bond motifs is 3. The lowest BCUT2D eigenvalue weighted by molar-refractivity contribution is -0.140. The topological polar surface area (TPSA) is 99.7 Å². The molecule has 1 aliphatic heterocycles. The van der Waals surface area contributed by atoms with Crippen LogP contribution in [0.25, 0.3) is 0 Å². The summed E-state index contributed by atoms with van der Waals surface area (Å²) in [6, 6.07) is -0.171. The van der Waals surface area contributed by atoms with Gasteiger partial charge in [-0.1, -0.05) is 0 Å². The molecule has 2 amide bonds. The average Bonchev–Trinajstić information content (AvgIpc) is 3.52. The van der Waals surface area contributed by atoms with Crippen LogP contribution in [0.15, 0.2) is 0 Å². The minimum absolute atomic E-state index is 0.0301. The van der Waals surface area contributed by atoms with E-state index in [-0.39, 0.29) is 37.0 Å². The number of aliphatic hydroxyl groups excluding tert-OH is 1. The molecule has 1 heterocycles. The molecular formula is C23H35ClFN3O4S. The third-order valence-corrected chi connectivity index (χ3v) is 10.3. The Morgan fingerprint density at radius 3 is 2.58 bits per heavy atom. The molecule has 2 bridgehead atoms. The summed E-state index contributed by atoms with van der Waals surface area (Å²) in [6.45, 7) is -0.145. The number of carbonyl (C=O) groups excluding carboxylic acids is 2. The van der Waals surface area contributed by atoms with E-state index in [0.29, 0.717) is 43.4 Å². The standard InChI is InChI=1S/C23H35ClFN3O4S/c24-15-4-3-14(9-16(15)25)32-11-19(30)27-23-7-5-22(6-8-23,10-18(23)29)28-20(31)17-12-33-21(26-17)13-1-2-13/h13-18,21,26,29H,1-12H2,(H,27,30)(H,28,31)/t14?,15?,16?,17?,18-,21?,22?,23?/m0/s1. The molecular weight excluding hydrogens is 469 g/mol. The Hall–Kier alpha value is -0.610. The van der Waals surface area contributed by atoms with E-state index in [0.717, 1.165) is 18.6 Å². The van der Waals surface area contributed by atoms with Gasteiger partial charge >= 0.3 is 0 Å². The highest BCUT2D eigenvalue weighted by Crippen LogP contribution is 2.47. The van der Waals surface area contributed by atoms with Gasteiger partial charge in [0.1, 0.15) is 12.8 Å². The zero-order valence-electron chi connectivity index (χ0n) is 18.9. The zero-order valence-corrected chi connectivity index (χ0v) is 20.4. The summed E-state index contributed by atoms with van der Waals surface area (Å²) in [5.41, 5.74) is -1.08. The molecule has 0 spiro atoms. The first kappa shape index (κ1) is 24.1. The van der Waals surface area contributed by atoms with E-state index < -0.39 is 28.7 Å². The molecule has 5 saturated carbocycles. The van der Waals surface area contributed by atoms with E-state index in [9.17, 15) is 19.1 Å². The minimum Gasteiger partial charge on any atom is -0.391 e. The van der Waals surface area contributed by atoms with Crippen LogP contribution in [0.4, 0.5) is 4.39 Å². The molecule has 33 heavy (non-hydrogen) atoms. The normalized spacial score (nSPS) is 45.1. The van der Waals surface area contributed by atoms with Crippen molar-refractivity contribution in [1.82, 2.24) is 16.0 Å². The van der Waals surface area contributed by atoms with Crippen LogP contribution in [0, 0.1) is 5.92 Å². The molecule has 0 aromatic heterocycles. The van der Waals surface area contributed by atoms with Gasteiger partial charge < -0.3 is 20.5 Å². The van der Waals surface area contributed by atoms with Gasteiger partial charge in [-0.05, 0) is 63.7 Å². The monoisotopic (exact) mass is 503 g/mol. The maximum absolute atomic E-state index is 13.8. The maximum Gasteiger partial charge on any atom is 0.246 e. The Balaban J connectivity index is 1.10. The molecule has 186 valence electrons. The van der Waals surface area contributed by atoms with Crippen molar-refractivity contribution in [1.29, 1.82) is 0 Å². The number of halogens is 2. The smallest absolute Gasteiger partial charge is 0.246 e. The van der Waals surface area contributed by atoms with Gasteiger partial charge in [-0.25, -0.2) is 4.39 Å². The van der Waals surface area contributed by atoms with Crippen molar-refractivity contribution in [2.45, 2.75) is 110 Å². The number of amides is 2. The number of aliphatic hydroxyl groups is 1. The number of alkyl halides is 2. The lowest BCUT2D eigenvalue weighted by Gasteiger charge is -2.56. The number of hydrogen-bond acceptors (Lipinski definition) is 6. The number of thioether (sulfide) groups is 1.